The molecular formula is C11H6BrN3O4S. The summed E-state index contributed by atoms with van der Waals surface area (Å²) in [5.74, 6) is 0. The Hall–Kier alpha value is -2.00. The van der Waals surface area contributed by atoms with Gasteiger partial charge in [-0.3, -0.25) is 20.2 Å². The third-order valence-corrected chi connectivity index (χ3v) is 3.57. The average molecular weight is 356 g/mol. The van der Waals surface area contributed by atoms with E-state index in [1.807, 2.05) is 0 Å². The maximum Gasteiger partial charge on any atom is 0.274 e. The van der Waals surface area contributed by atoms with E-state index in [2.05, 4.69) is 20.9 Å². The molecule has 0 unspecified atom stereocenters. The van der Waals surface area contributed by atoms with Crippen molar-refractivity contribution in [3.05, 3.63) is 61.2 Å². The van der Waals surface area contributed by atoms with Gasteiger partial charge in [0, 0.05) is 29.2 Å². The minimum absolute atomic E-state index is 0.0115. The molecule has 0 saturated heterocycles. The minimum atomic E-state index is -0.508. The summed E-state index contributed by atoms with van der Waals surface area (Å²) in [5, 5.41) is 21.7. The van der Waals surface area contributed by atoms with E-state index in [9.17, 15) is 20.2 Å². The molecule has 0 bridgehead atoms. The van der Waals surface area contributed by atoms with E-state index in [0.29, 0.717) is 14.5 Å². The van der Waals surface area contributed by atoms with Gasteiger partial charge in [-0.1, -0.05) is 11.8 Å². The molecule has 9 heteroatoms. The zero-order chi connectivity index (χ0) is 14.7. The fourth-order valence-electron chi connectivity index (χ4n) is 1.37. The Morgan fingerprint density at radius 2 is 1.60 bits per heavy atom. The van der Waals surface area contributed by atoms with E-state index in [1.54, 1.807) is 12.1 Å². The van der Waals surface area contributed by atoms with Gasteiger partial charge in [-0.25, -0.2) is 4.98 Å². The second-order valence-corrected chi connectivity index (χ2v) is 5.50. The highest BCUT2D eigenvalue weighted by Crippen LogP contribution is 2.31. The van der Waals surface area contributed by atoms with Crippen LogP contribution in [0.25, 0.3) is 0 Å². The summed E-state index contributed by atoms with van der Waals surface area (Å²) in [6, 6.07) is 8.52. The van der Waals surface area contributed by atoms with Crippen LogP contribution in [0.5, 0.6) is 0 Å². The van der Waals surface area contributed by atoms with Crippen molar-refractivity contribution in [1.82, 2.24) is 4.98 Å². The van der Waals surface area contributed by atoms with Gasteiger partial charge in [-0.2, -0.15) is 0 Å². The lowest BCUT2D eigenvalue weighted by Gasteiger charge is -2.01. The number of nitro groups is 2. The van der Waals surface area contributed by atoms with Gasteiger partial charge in [0.25, 0.3) is 11.4 Å². The lowest BCUT2D eigenvalue weighted by Crippen LogP contribution is -1.91. The monoisotopic (exact) mass is 355 g/mol. The van der Waals surface area contributed by atoms with E-state index in [-0.39, 0.29) is 11.4 Å². The summed E-state index contributed by atoms with van der Waals surface area (Å²) in [5.41, 5.74) is -0.0844. The molecule has 2 aromatic rings. The third-order valence-electron chi connectivity index (χ3n) is 2.24. The molecule has 0 radical (unpaired) electrons. The second kappa shape index (κ2) is 5.97. The van der Waals surface area contributed by atoms with Crippen molar-refractivity contribution in [3.8, 4) is 0 Å². The first-order valence-electron chi connectivity index (χ1n) is 5.20. The summed E-state index contributed by atoms with van der Waals surface area (Å²) in [6.45, 7) is 0. The number of hydrogen-bond donors (Lipinski definition) is 0. The number of aromatic nitrogens is 1. The predicted octanol–water partition coefficient (Wildman–Crippen LogP) is 3.81. The lowest BCUT2D eigenvalue weighted by molar-refractivity contribution is -0.385. The molecule has 2 rings (SSSR count). The number of pyridine rings is 1. The Bertz CT molecular complexity index is 678. The van der Waals surface area contributed by atoms with Crippen molar-refractivity contribution in [2.45, 2.75) is 9.92 Å². The van der Waals surface area contributed by atoms with Gasteiger partial charge in [0.1, 0.15) is 9.63 Å². The van der Waals surface area contributed by atoms with Crippen molar-refractivity contribution in [2.24, 2.45) is 0 Å². The molecule has 0 amide bonds. The highest BCUT2D eigenvalue weighted by atomic mass is 79.9. The largest absolute Gasteiger partial charge is 0.274 e. The summed E-state index contributed by atoms with van der Waals surface area (Å²) in [4.78, 5) is 25.1. The van der Waals surface area contributed by atoms with Gasteiger partial charge >= 0.3 is 0 Å². The number of nitro benzene ring substituents is 1. The van der Waals surface area contributed by atoms with Crippen molar-refractivity contribution in [2.75, 3.05) is 0 Å². The van der Waals surface area contributed by atoms with Crippen LogP contribution in [0.3, 0.4) is 0 Å². The first-order chi connectivity index (χ1) is 9.45. The minimum Gasteiger partial charge on any atom is -0.258 e. The molecule has 0 fully saturated rings. The van der Waals surface area contributed by atoms with Crippen LogP contribution >= 0.6 is 27.7 Å². The summed E-state index contributed by atoms with van der Waals surface area (Å²) in [6.07, 6.45) is 0. The number of nitrogens with zero attached hydrogens (tertiary/aromatic N) is 3. The topological polar surface area (TPSA) is 99.2 Å². The van der Waals surface area contributed by atoms with Crippen LogP contribution in [0, 0.1) is 20.2 Å². The Kier molecular flexibility index (Phi) is 4.30. The first-order valence-corrected chi connectivity index (χ1v) is 6.81. The molecule has 0 spiro atoms. The van der Waals surface area contributed by atoms with Crippen molar-refractivity contribution in [1.29, 1.82) is 0 Å². The lowest BCUT2D eigenvalue weighted by atomic mass is 10.3. The van der Waals surface area contributed by atoms with Crippen LogP contribution < -0.4 is 0 Å². The molecule has 102 valence electrons. The number of rotatable bonds is 4. The molecule has 0 saturated carbocycles. The number of halogens is 1. The van der Waals surface area contributed by atoms with E-state index >= 15 is 0 Å². The smallest absolute Gasteiger partial charge is 0.258 e. The fourth-order valence-corrected chi connectivity index (χ4v) is 2.75. The normalized spacial score (nSPS) is 10.2. The van der Waals surface area contributed by atoms with Crippen molar-refractivity contribution >= 4 is 39.1 Å². The molecule has 0 aliphatic heterocycles. The molecule has 1 heterocycles. The molecule has 7 nitrogen and oxygen atoms in total. The van der Waals surface area contributed by atoms with Gasteiger partial charge in [0.15, 0.2) is 0 Å². The Morgan fingerprint density at radius 1 is 1.00 bits per heavy atom. The molecule has 1 aromatic heterocycles. The zero-order valence-corrected chi connectivity index (χ0v) is 12.1. The Labute approximate surface area is 125 Å². The Morgan fingerprint density at radius 3 is 2.15 bits per heavy atom. The third kappa shape index (κ3) is 3.52. The maximum atomic E-state index is 10.8. The average Bonchev–Trinajstić information content (AvgIpc) is 2.38. The number of benzene rings is 1. The molecule has 0 aliphatic rings. The van der Waals surface area contributed by atoms with Crippen LogP contribution in [0.2, 0.25) is 0 Å². The highest BCUT2D eigenvalue weighted by molar-refractivity contribution is 9.10. The van der Waals surface area contributed by atoms with Crippen LogP contribution in [0.4, 0.5) is 11.4 Å². The van der Waals surface area contributed by atoms with Crippen molar-refractivity contribution < 1.29 is 9.85 Å². The van der Waals surface area contributed by atoms with Gasteiger partial charge < -0.3 is 0 Å². The molecule has 1 aromatic carbocycles. The van der Waals surface area contributed by atoms with Gasteiger partial charge in [0.05, 0.1) is 9.85 Å². The summed E-state index contributed by atoms with van der Waals surface area (Å²) in [7, 11) is 0. The quantitative estimate of drug-likeness (QED) is 0.469. The summed E-state index contributed by atoms with van der Waals surface area (Å²) < 4.78 is 0.358. The zero-order valence-electron chi connectivity index (χ0n) is 9.72. The van der Waals surface area contributed by atoms with E-state index in [0.717, 1.165) is 0 Å². The van der Waals surface area contributed by atoms with Crippen LogP contribution in [-0.2, 0) is 0 Å². The fraction of sp³-hybridized carbons (Fsp3) is 0. The number of non-ortho nitro benzene ring substituents is 1. The van der Waals surface area contributed by atoms with E-state index in [4.69, 9.17) is 0 Å². The van der Waals surface area contributed by atoms with Gasteiger partial charge in [-0.15, -0.1) is 0 Å². The van der Waals surface area contributed by atoms with E-state index < -0.39 is 9.85 Å². The van der Waals surface area contributed by atoms with Crippen LogP contribution in [0.1, 0.15) is 0 Å². The molecule has 0 atom stereocenters. The molecule has 0 N–H and O–H groups in total. The summed E-state index contributed by atoms with van der Waals surface area (Å²) >= 11 is 4.29. The molecule has 20 heavy (non-hydrogen) atoms. The van der Waals surface area contributed by atoms with Crippen LogP contribution in [0.15, 0.2) is 50.9 Å². The van der Waals surface area contributed by atoms with Gasteiger partial charge in [0.2, 0.25) is 0 Å². The standard InChI is InChI=1S/C11H6BrN3O4S/c12-10-5-8(15(18)19)6-11(13-10)20-9-3-1-7(2-4-9)14(16)17/h1-6H. The SMILES string of the molecule is O=[N+]([O-])c1ccc(Sc2cc([N+](=O)[O-])cc(Br)n2)cc1. The first kappa shape index (κ1) is 14.4. The second-order valence-electron chi connectivity index (χ2n) is 3.60. The molecular weight excluding hydrogens is 350 g/mol. The van der Waals surface area contributed by atoms with Crippen LogP contribution in [-0.4, -0.2) is 14.8 Å². The Balaban J connectivity index is 2.25. The highest BCUT2D eigenvalue weighted by Gasteiger charge is 2.11. The predicted molar refractivity (Wildman–Crippen MR) is 75.8 cm³/mol. The maximum absolute atomic E-state index is 10.8. The van der Waals surface area contributed by atoms with Crippen molar-refractivity contribution in [3.63, 3.8) is 0 Å². The number of hydrogen-bond acceptors (Lipinski definition) is 6. The van der Waals surface area contributed by atoms with Gasteiger partial charge in [-0.05, 0) is 28.1 Å². The molecule has 0 aliphatic carbocycles. The van der Waals surface area contributed by atoms with E-state index in [1.165, 1.54) is 36.0 Å².